The first kappa shape index (κ1) is 12.3. The molecule has 0 aromatic heterocycles. The van der Waals surface area contributed by atoms with Crippen LogP contribution in [0.4, 0.5) is 0 Å². The molecule has 1 aromatic carbocycles. The monoisotopic (exact) mass is 284 g/mol. The molecule has 2 unspecified atom stereocenters. The van der Waals surface area contributed by atoms with Crippen LogP contribution in [0.1, 0.15) is 29.6 Å². The summed E-state index contributed by atoms with van der Waals surface area (Å²) in [5.41, 5.74) is 0.536. The van der Waals surface area contributed by atoms with E-state index >= 15 is 0 Å². The molecule has 96 valence electrons. The Morgan fingerprint density at radius 2 is 1.83 bits per heavy atom. The lowest BCUT2D eigenvalue weighted by atomic mass is 9.93. The number of hydrogen-bond acceptors (Lipinski definition) is 2. The molecule has 0 N–H and O–H groups in total. The summed E-state index contributed by atoms with van der Waals surface area (Å²) in [6, 6.07) is 3.25. The maximum absolute atomic E-state index is 12.4. The molecule has 2 aliphatic rings. The number of halogens is 2. The minimum absolute atomic E-state index is 0.135. The summed E-state index contributed by atoms with van der Waals surface area (Å²) in [6.45, 7) is 0. The summed E-state index contributed by atoms with van der Waals surface area (Å²) in [5.74, 6) is 2.35. The molecule has 0 bridgehead atoms. The van der Waals surface area contributed by atoms with Crippen molar-refractivity contribution in [2.75, 3.05) is 7.11 Å². The van der Waals surface area contributed by atoms with Crippen molar-refractivity contribution in [2.24, 2.45) is 17.8 Å². The van der Waals surface area contributed by atoms with E-state index in [0.717, 1.165) is 24.7 Å². The number of carbonyl (C=O) groups excluding carboxylic acids is 1. The van der Waals surface area contributed by atoms with Crippen LogP contribution in [0.5, 0.6) is 5.75 Å². The second kappa shape index (κ2) is 4.43. The summed E-state index contributed by atoms with van der Waals surface area (Å²) in [5, 5.41) is 0.871. The third-order valence-electron chi connectivity index (χ3n) is 4.12. The van der Waals surface area contributed by atoms with Gasteiger partial charge in [0.2, 0.25) is 0 Å². The predicted molar refractivity (Wildman–Crippen MR) is 71.7 cm³/mol. The van der Waals surface area contributed by atoms with Crippen LogP contribution >= 0.6 is 23.2 Å². The quantitative estimate of drug-likeness (QED) is 0.777. The van der Waals surface area contributed by atoms with Gasteiger partial charge in [-0.25, -0.2) is 0 Å². The largest absolute Gasteiger partial charge is 0.495 e. The Hall–Kier alpha value is -0.730. The number of hydrogen-bond donors (Lipinski definition) is 0. The molecular weight excluding hydrogens is 271 g/mol. The number of benzene rings is 1. The Kier molecular flexibility index (Phi) is 3.03. The zero-order valence-electron chi connectivity index (χ0n) is 10.1. The van der Waals surface area contributed by atoms with E-state index in [9.17, 15) is 4.79 Å². The van der Waals surface area contributed by atoms with Crippen LogP contribution < -0.4 is 4.74 Å². The Labute approximate surface area is 116 Å². The number of ketones is 1. The first-order valence-electron chi connectivity index (χ1n) is 6.17. The van der Waals surface area contributed by atoms with E-state index in [1.165, 1.54) is 13.5 Å². The molecule has 0 amide bonds. The summed E-state index contributed by atoms with van der Waals surface area (Å²) in [7, 11) is 1.53. The van der Waals surface area contributed by atoms with Crippen molar-refractivity contribution in [3.63, 3.8) is 0 Å². The van der Waals surface area contributed by atoms with Crippen LogP contribution in [-0.4, -0.2) is 12.9 Å². The highest BCUT2D eigenvalue weighted by atomic mass is 35.5. The molecule has 4 heteroatoms. The fourth-order valence-electron chi connectivity index (χ4n) is 3.02. The lowest BCUT2D eigenvalue weighted by Gasteiger charge is -2.13. The number of methoxy groups -OCH3 is 1. The summed E-state index contributed by atoms with van der Waals surface area (Å²) < 4.78 is 5.08. The van der Waals surface area contributed by atoms with Gasteiger partial charge in [0.1, 0.15) is 5.75 Å². The Morgan fingerprint density at radius 1 is 1.17 bits per heavy atom. The fourth-order valence-corrected chi connectivity index (χ4v) is 3.51. The molecular formula is C14H14Cl2O2. The van der Waals surface area contributed by atoms with Gasteiger partial charge in [0, 0.05) is 17.5 Å². The standard InChI is InChI=1S/C14H14Cl2O2/c1-18-13-6-11(15)10(5-12(13)16)14(17)9-3-7-2-8(7)4-9/h5-9H,2-4H2,1H3. The Bertz CT molecular complexity index is 503. The molecule has 2 nitrogen and oxygen atoms in total. The maximum atomic E-state index is 12.4. The van der Waals surface area contributed by atoms with E-state index in [0.29, 0.717) is 21.4 Å². The zero-order valence-corrected chi connectivity index (χ0v) is 11.6. The highest BCUT2D eigenvalue weighted by Gasteiger charge is 2.48. The molecule has 2 aliphatic carbocycles. The van der Waals surface area contributed by atoms with E-state index in [1.54, 1.807) is 12.1 Å². The first-order chi connectivity index (χ1) is 8.60. The Balaban J connectivity index is 1.87. The molecule has 0 heterocycles. The molecule has 0 radical (unpaired) electrons. The van der Waals surface area contributed by atoms with Crippen molar-refractivity contribution < 1.29 is 9.53 Å². The van der Waals surface area contributed by atoms with E-state index in [4.69, 9.17) is 27.9 Å². The van der Waals surface area contributed by atoms with Gasteiger partial charge in [0.15, 0.2) is 5.78 Å². The highest BCUT2D eigenvalue weighted by molar-refractivity contribution is 6.36. The number of carbonyl (C=O) groups is 1. The van der Waals surface area contributed by atoms with Gasteiger partial charge in [0.25, 0.3) is 0 Å². The zero-order chi connectivity index (χ0) is 12.9. The molecule has 18 heavy (non-hydrogen) atoms. The number of fused-ring (bicyclic) bond motifs is 1. The van der Waals surface area contributed by atoms with E-state index in [1.807, 2.05) is 0 Å². The number of rotatable bonds is 3. The van der Waals surface area contributed by atoms with Gasteiger partial charge < -0.3 is 4.74 Å². The van der Waals surface area contributed by atoms with Gasteiger partial charge in [-0.05, 0) is 37.2 Å². The van der Waals surface area contributed by atoms with Crippen LogP contribution in [-0.2, 0) is 0 Å². The third kappa shape index (κ3) is 2.02. The summed E-state index contributed by atoms with van der Waals surface area (Å²) in [6.07, 6.45) is 3.34. The highest BCUT2D eigenvalue weighted by Crippen LogP contribution is 2.55. The van der Waals surface area contributed by atoms with E-state index in [2.05, 4.69) is 0 Å². The summed E-state index contributed by atoms with van der Waals surface area (Å²) >= 11 is 12.2. The summed E-state index contributed by atoms with van der Waals surface area (Å²) in [4.78, 5) is 12.4. The fraction of sp³-hybridized carbons (Fsp3) is 0.500. The van der Waals surface area contributed by atoms with Crippen LogP contribution in [0.25, 0.3) is 0 Å². The lowest BCUT2D eigenvalue weighted by molar-refractivity contribution is 0.0914. The average molecular weight is 285 g/mol. The second-order valence-electron chi connectivity index (χ2n) is 5.26. The molecule has 0 aliphatic heterocycles. The molecule has 3 rings (SSSR count). The smallest absolute Gasteiger partial charge is 0.167 e. The maximum Gasteiger partial charge on any atom is 0.167 e. The van der Waals surface area contributed by atoms with Gasteiger partial charge in [-0.3, -0.25) is 4.79 Å². The normalized spacial score (nSPS) is 28.9. The molecule has 1 aromatic rings. The van der Waals surface area contributed by atoms with Crippen LogP contribution in [0, 0.1) is 17.8 Å². The molecule has 2 saturated carbocycles. The Morgan fingerprint density at radius 3 is 2.44 bits per heavy atom. The molecule has 2 atom stereocenters. The average Bonchev–Trinajstić information content (AvgIpc) is 2.97. The van der Waals surface area contributed by atoms with Gasteiger partial charge in [-0.2, -0.15) is 0 Å². The number of Topliss-reactive ketones (excluding diaryl/α,β-unsaturated/α-hetero) is 1. The molecule has 0 saturated heterocycles. The van der Waals surface area contributed by atoms with Crippen LogP contribution in [0.2, 0.25) is 10.0 Å². The van der Waals surface area contributed by atoms with Crippen molar-refractivity contribution >= 4 is 29.0 Å². The van der Waals surface area contributed by atoms with Crippen LogP contribution in [0.3, 0.4) is 0 Å². The van der Waals surface area contributed by atoms with Gasteiger partial charge in [0.05, 0.1) is 17.2 Å². The van der Waals surface area contributed by atoms with Gasteiger partial charge in [-0.15, -0.1) is 0 Å². The van der Waals surface area contributed by atoms with Crippen molar-refractivity contribution in [2.45, 2.75) is 19.3 Å². The van der Waals surface area contributed by atoms with Gasteiger partial charge >= 0.3 is 0 Å². The minimum Gasteiger partial charge on any atom is -0.495 e. The number of ether oxygens (including phenoxy) is 1. The lowest BCUT2D eigenvalue weighted by Crippen LogP contribution is -2.13. The minimum atomic E-state index is 0.135. The second-order valence-corrected chi connectivity index (χ2v) is 6.07. The first-order valence-corrected chi connectivity index (χ1v) is 6.93. The van der Waals surface area contributed by atoms with E-state index in [-0.39, 0.29) is 11.7 Å². The van der Waals surface area contributed by atoms with Gasteiger partial charge in [-0.1, -0.05) is 23.2 Å². The van der Waals surface area contributed by atoms with Crippen LogP contribution in [0.15, 0.2) is 12.1 Å². The third-order valence-corrected chi connectivity index (χ3v) is 4.73. The van der Waals surface area contributed by atoms with Crippen molar-refractivity contribution in [3.05, 3.63) is 27.7 Å². The van der Waals surface area contributed by atoms with Crippen molar-refractivity contribution in [3.8, 4) is 5.75 Å². The molecule has 2 fully saturated rings. The predicted octanol–water partition coefficient (Wildman–Crippen LogP) is 4.23. The molecule has 0 spiro atoms. The van der Waals surface area contributed by atoms with Crippen molar-refractivity contribution in [1.82, 2.24) is 0 Å². The SMILES string of the molecule is COc1cc(Cl)c(C(=O)C2CC3CC3C2)cc1Cl. The topological polar surface area (TPSA) is 26.3 Å². The van der Waals surface area contributed by atoms with Crippen molar-refractivity contribution in [1.29, 1.82) is 0 Å². The van der Waals surface area contributed by atoms with E-state index < -0.39 is 0 Å².